The molecule has 26 heavy (non-hydrogen) atoms. The first-order valence-corrected chi connectivity index (χ1v) is 10.7. The Morgan fingerprint density at radius 3 is 2.08 bits per heavy atom. The maximum Gasteiger partial charge on any atom is 0.166 e. The number of benzene rings is 2. The fourth-order valence-electron chi connectivity index (χ4n) is 3.09. The molecule has 0 radical (unpaired) electrons. The second kappa shape index (κ2) is 10.2. The zero-order chi connectivity index (χ0) is 18.0. The maximum absolute atomic E-state index is 4.91. The van der Waals surface area contributed by atoms with E-state index >= 15 is 0 Å². The van der Waals surface area contributed by atoms with E-state index in [1.807, 2.05) is 17.8 Å². The summed E-state index contributed by atoms with van der Waals surface area (Å²) in [6, 6.07) is 20.9. The Morgan fingerprint density at radius 1 is 0.769 bits per heavy atom. The molecule has 0 aliphatic carbocycles. The number of imidazole rings is 1. The number of hydrogen-bond acceptors (Lipinski definition) is 2. The van der Waals surface area contributed by atoms with Crippen molar-refractivity contribution in [2.45, 2.75) is 50.6 Å². The van der Waals surface area contributed by atoms with Crippen LogP contribution in [-0.4, -0.2) is 15.7 Å². The molecule has 0 saturated heterocycles. The predicted molar refractivity (Wildman–Crippen MR) is 114 cm³/mol. The van der Waals surface area contributed by atoms with E-state index in [4.69, 9.17) is 4.98 Å². The zero-order valence-electron chi connectivity index (χ0n) is 15.6. The molecular weight excluding hydrogens is 336 g/mol. The molecule has 0 amide bonds. The van der Waals surface area contributed by atoms with Crippen LogP contribution in [0.3, 0.4) is 0 Å². The number of aromatic nitrogens is 2. The van der Waals surface area contributed by atoms with Crippen molar-refractivity contribution in [2.24, 2.45) is 0 Å². The Bertz CT molecular complexity index is 708. The summed E-state index contributed by atoms with van der Waals surface area (Å²) in [5.41, 5.74) is 4.50. The van der Waals surface area contributed by atoms with Crippen molar-refractivity contribution in [3.05, 3.63) is 60.7 Å². The molecule has 0 fully saturated rings. The Morgan fingerprint density at radius 2 is 1.38 bits per heavy atom. The summed E-state index contributed by atoms with van der Waals surface area (Å²) in [7, 11) is 0. The van der Waals surface area contributed by atoms with E-state index in [-0.39, 0.29) is 0 Å². The van der Waals surface area contributed by atoms with Crippen LogP contribution in [0.25, 0.3) is 22.5 Å². The van der Waals surface area contributed by atoms with Crippen LogP contribution in [0.1, 0.15) is 45.4 Å². The van der Waals surface area contributed by atoms with E-state index in [0.29, 0.717) is 0 Å². The quantitative estimate of drug-likeness (QED) is 0.304. The lowest BCUT2D eigenvalue weighted by molar-refractivity contribution is 0.627. The molecule has 3 aromatic rings. The van der Waals surface area contributed by atoms with Crippen LogP contribution < -0.4 is 0 Å². The van der Waals surface area contributed by atoms with E-state index in [0.717, 1.165) is 27.9 Å². The first-order chi connectivity index (χ1) is 12.9. The first kappa shape index (κ1) is 18.8. The van der Waals surface area contributed by atoms with Gasteiger partial charge in [0.05, 0.1) is 11.4 Å². The van der Waals surface area contributed by atoms with Gasteiger partial charge in [0.2, 0.25) is 0 Å². The van der Waals surface area contributed by atoms with E-state index < -0.39 is 0 Å². The Hall–Kier alpha value is -2.00. The van der Waals surface area contributed by atoms with Crippen LogP contribution in [0.5, 0.6) is 0 Å². The van der Waals surface area contributed by atoms with E-state index in [1.165, 1.54) is 44.1 Å². The third-order valence-corrected chi connectivity index (χ3v) is 5.49. The Kier molecular flexibility index (Phi) is 7.38. The van der Waals surface area contributed by atoms with Crippen molar-refractivity contribution in [3.63, 3.8) is 0 Å². The summed E-state index contributed by atoms with van der Waals surface area (Å²) < 4.78 is 0. The molecule has 0 atom stereocenters. The highest BCUT2D eigenvalue weighted by Gasteiger charge is 2.14. The van der Waals surface area contributed by atoms with Gasteiger partial charge in [-0.2, -0.15) is 0 Å². The van der Waals surface area contributed by atoms with Crippen molar-refractivity contribution in [1.82, 2.24) is 9.97 Å². The van der Waals surface area contributed by atoms with Gasteiger partial charge in [-0.1, -0.05) is 111 Å². The fourth-order valence-corrected chi connectivity index (χ4v) is 3.96. The normalized spacial score (nSPS) is 11.0. The van der Waals surface area contributed by atoms with Gasteiger partial charge in [0, 0.05) is 16.9 Å². The topological polar surface area (TPSA) is 28.7 Å². The number of rotatable bonds is 10. The monoisotopic (exact) mass is 364 g/mol. The van der Waals surface area contributed by atoms with Crippen LogP contribution in [0.2, 0.25) is 0 Å². The number of nitrogens with zero attached hydrogens (tertiary/aromatic N) is 1. The number of thioether (sulfide) groups is 1. The molecule has 0 aliphatic heterocycles. The number of unbranched alkanes of at least 4 members (excludes halogenated alkanes) is 5. The minimum absolute atomic E-state index is 1.02. The van der Waals surface area contributed by atoms with Gasteiger partial charge in [-0.05, 0) is 6.42 Å². The largest absolute Gasteiger partial charge is 0.332 e. The van der Waals surface area contributed by atoms with E-state index in [9.17, 15) is 0 Å². The predicted octanol–water partition coefficient (Wildman–Crippen LogP) is 7.20. The number of nitrogens with one attached hydrogen (secondary N) is 1. The highest BCUT2D eigenvalue weighted by molar-refractivity contribution is 7.99. The van der Waals surface area contributed by atoms with Crippen LogP contribution in [0.4, 0.5) is 0 Å². The lowest BCUT2D eigenvalue weighted by Gasteiger charge is -2.02. The van der Waals surface area contributed by atoms with Crippen molar-refractivity contribution in [3.8, 4) is 22.5 Å². The van der Waals surface area contributed by atoms with Crippen molar-refractivity contribution >= 4 is 11.8 Å². The molecule has 0 spiro atoms. The Labute approximate surface area is 161 Å². The highest BCUT2D eigenvalue weighted by Crippen LogP contribution is 2.32. The summed E-state index contributed by atoms with van der Waals surface area (Å²) in [6.45, 7) is 2.27. The maximum atomic E-state index is 4.91. The molecule has 0 unspecified atom stereocenters. The lowest BCUT2D eigenvalue weighted by Crippen LogP contribution is -1.84. The van der Waals surface area contributed by atoms with E-state index in [2.05, 4.69) is 66.5 Å². The second-order valence-corrected chi connectivity index (χ2v) is 7.70. The summed E-state index contributed by atoms with van der Waals surface area (Å²) in [5.74, 6) is 1.13. The van der Waals surface area contributed by atoms with Gasteiger partial charge in [0.15, 0.2) is 5.16 Å². The highest BCUT2D eigenvalue weighted by atomic mass is 32.2. The van der Waals surface area contributed by atoms with E-state index in [1.54, 1.807) is 0 Å². The molecule has 3 rings (SSSR count). The van der Waals surface area contributed by atoms with Gasteiger partial charge in [-0.15, -0.1) is 0 Å². The minimum atomic E-state index is 1.02. The first-order valence-electron chi connectivity index (χ1n) is 9.72. The minimum Gasteiger partial charge on any atom is -0.332 e. The van der Waals surface area contributed by atoms with Gasteiger partial charge in [-0.3, -0.25) is 0 Å². The van der Waals surface area contributed by atoms with Crippen LogP contribution in [-0.2, 0) is 0 Å². The molecule has 0 bridgehead atoms. The molecule has 1 aromatic heterocycles. The second-order valence-electron chi connectivity index (χ2n) is 6.61. The molecule has 1 heterocycles. The Balaban J connectivity index is 1.69. The number of hydrogen-bond donors (Lipinski definition) is 1. The van der Waals surface area contributed by atoms with Crippen molar-refractivity contribution in [1.29, 1.82) is 0 Å². The van der Waals surface area contributed by atoms with Gasteiger partial charge >= 0.3 is 0 Å². The zero-order valence-corrected chi connectivity index (χ0v) is 16.4. The van der Waals surface area contributed by atoms with Gasteiger partial charge in [-0.25, -0.2) is 4.98 Å². The van der Waals surface area contributed by atoms with Crippen LogP contribution >= 0.6 is 11.8 Å². The summed E-state index contributed by atoms with van der Waals surface area (Å²) in [6.07, 6.45) is 7.99. The van der Waals surface area contributed by atoms with Crippen LogP contribution in [0.15, 0.2) is 65.8 Å². The molecule has 136 valence electrons. The standard InChI is InChI=1S/C23H28N2S/c1-2-3-4-5-6-13-18-26-23-24-21(19-14-9-7-10-15-19)22(25-23)20-16-11-8-12-17-20/h7-12,14-17H,2-6,13,18H2,1H3,(H,24,25). The molecule has 1 N–H and O–H groups in total. The third kappa shape index (κ3) is 5.25. The molecule has 0 saturated carbocycles. The average Bonchev–Trinajstić information content (AvgIpc) is 3.13. The van der Waals surface area contributed by atoms with Crippen molar-refractivity contribution in [2.75, 3.05) is 5.75 Å². The number of H-pyrrole nitrogens is 1. The summed E-state index contributed by atoms with van der Waals surface area (Å²) in [4.78, 5) is 8.47. The SMILES string of the molecule is CCCCCCCCSc1nc(-c2ccccc2)c(-c2ccccc2)[nH]1. The molecular formula is C23H28N2S. The smallest absolute Gasteiger partial charge is 0.166 e. The molecule has 2 aromatic carbocycles. The van der Waals surface area contributed by atoms with Crippen molar-refractivity contribution < 1.29 is 0 Å². The third-order valence-electron chi connectivity index (χ3n) is 4.53. The summed E-state index contributed by atoms with van der Waals surface area (Å²) in [5, 5.41) is 1.02. The number of aromatic amines is 1. The summed E-state index contributed by atoms with van der Waals surface area (Å²) >= 11 is 1.84. The molecule has 3 heteroatoms. The average molecular weight is 365 g/mol. The lowest BCUT2D eigenvalue weighted by atomic mass is 10.1. The van der Waals surface area contributed by atoms with Gasteiger partial charge < -0.3 is 4.98 Å². The van der Waals surface area contributed by atoms with Gasteiger partial charge in [0.25, 0.3) is 0 Å². The molecule has 2 nitrogen and oxygen atoms in total. The van der Waals surface area contributed by atoms with Crippen LogP contribution in [0, 0.1) is 0 Å². The molecule has 0 aliphatic rings. The fraction of sp³-hybridized carbons (Fsp3) is 0.348. The van der Waals surface area contributed by atoms with Gasteiger partial charge in [0.1, 0.15) is 0 Å².